The summed E-state index contributed by atoms with van der Waals surface area (Å²) in [5.41, 5.74) is 0. The summed E-state index contributed by atoms with van der Waals surface area (Å²) in [6.07, 6.45) is 4.48. The molecular formula is C13H20N4O2. The van der Waals surface area contributed by atoms with Gasteiger partial charge in [-0.25, -0.2) is 4.98 Å². The van der Waals surface area contributed by atoms with E-state index >= 15 is 0 Å². The van der Waals surface area contributed by atoms with Crippen LogP contribution in [0.3, 0.4) is 0 Å². The van der Waals surface area contributed by atoms with Gasteiger partial charge in [0.2, 0.25) is 0 Å². The van der Waals surface area contributed by atoms with Crippen LogP contribution in [0.15, 0.2) is 0 Å². The van der Waals surface area contributed by atoms with Crippen molar-refractivity contribution in [2.75, 3.05) is 13.1 Å². The summed E-state index contributed by atoms with van der Waals surface area (Å²) in [7, 11) is 0. The fraction of sp³-hybridized carbons (Fsp3) is 0.769. The Balaban J connectivity index is 1.68. The molecule has 1 saturated carbocycles. The molecule has 0 spiro atoms. The molecule has 2 fully saturated rings. The van der Waals surface area contributed by atoms with Crippen molar-refractivity contribution in [1.29, 1.82) is 0 Å². The third-order valence-corrected chi connectivity index (χ3v) is 4.21. The first-order chi connectivity index (χ1) is 9.15. The predicted molar refractivity (Wildman–Crippen MR) is 69.0 cm³/mol. The molecule has 1 aliphatic heterocycles. The lowest BCUT2D eigenvalue weighted by Gasteiger charge is -2.33. The van der Waals surface area contributed by atoms with Crippen LogP contribution < -0.4 is 0 Å². The summed E-state index contributed by atoms with van der Waals surface area (Å²) in [4.78, 5) is 17.7. The van der Waals surface area contributed by atoms with Gasteiger partial charge in [-0.1, -0.05) is 0 Å². The van der Waals surface area contributed by atoms with Crippen molar-refractivity contribution in [3.8, 4) is 0 Å². The van der Waals surface area contributed by atoms with Gasteiger partial charge >= 0.3 is 5.97 Å². The lowest BCUT2D eigenvalue weighted by Crippen LogP contribution is -2.44. The zero-order valence-corrected chi connectivity index (χ0v) is 11.2. The van der Waals surface area contributed by atoms with Gasteiger partial charge in [-0.15, -0.1) is 0 Å². The fourth-order valence-corrected chi connectivity index (χ4v) is 2.74. The molecule has 104 valence electrons. The number of aromatic nitrogens is 3. The Morgan fingerprint density at radius 1 is 1.42 bits per heavy atom. The minimum atomic E-state index is -0.755. The predicted octanol–water partition coefficient (Wildman–Crippen LogP) is 1.33. The van der Waals surface area contributed by atoms with Crippen LogP contribution in [-0.4, -0.2) is 50.3 Å². The van der Waals surface area contributed by atoms with Crippen LogP contribution in [0.1, 0.15) is 56.1 Å². The second-order valence-electron chi connectivity index (χ2n) is 5.70. The standard InChI is InChI=1S/C13H20N4O2/c1-8(13(18)19)17-6-2-3-10(7-17)12-14-11(15-16-12)9-4-5-9/h8-10H,2-7H2,1H3,(H,18,19)(H,14,15,16). The van der Waals surface area contributed by atoms with Crippen LogP contribution in [-0.2, 0) is 4.79 Å². The maximum absolute atomic E-state index is 11.1. The molecule has 0 bridgehead atoms. The number of H-pyrrole nitrogens is 1. The van der Waals surface area contributed by atoms with E-state index in [0.717, 1.165) is 37.6 Å². The number of nitrogens with one attached hydrogen (secondary N) is 1. The number of hydrogen-bond donors (Lipinski definition) is 2. The zero-order valence-electron chi connectivity index (χ0n) is 11.2. The van der Waals surface area contributed by atoms with Gasteiger partial charge in [0.1, 0.15) is 11.9 Å². The molecule has 6 heteroatoms. The molecule has 2 aliphatic rings. The van der Waals surface area contributed by atoms with Crippen LogP contribution in [0.4, 0.5) is 0 Å². The quantitative estimate of drug-likeness (QED) is 0.857. The summed E-state index contributed by atoms with van der Waals surface area (Å²) in [6, 6.07) is -0.426. The van der Waals surface area contributed by atoms with E-state index < -0.39 is 12.0 Å². The number of nitrogens with zero attached hydrogens (tertiary/aromatic N) is 3. The number of likely N-dealkylation sites (tertiary alicyclic amines) is 1. The average Bonchev–Trinajstić information content (AvgIpc) is 3.15. The molecule has 6 nitrogen and oxygen atoms in total. The number of carbonyl (C=O) groups is 1. The first-order valence-corrected chi connectivity index (χ1v) is 7.04. The smallest absolute Gasteiger partial charge is 0.320 e. The third kappa shape index (κ3) is 2.63. The highest BCUT2D eigenvalue weighted by Crippen LogP contribution is 2.38. The van der Waals surface area contributed by atoms with E-state index in [1.807, 2.05) is 4.90 Å². The number of hydrogen-bond acceptors (Lipinski definition) is 4. The number of rotatable bonds is 4. The van der Waals surface area contributed by atoms with Gasteiger partial charge in [-0.3, -0.25) is 14.8 Å². The van der Waals surface area contributed by atoms with Crippen molar-refractivity contribution in [1.82, 2.24) is 20.1 Å². The largest absolute Gasteiger partial charge is 0.480 e. The third-order valence-electron chi connectivity index (χ3n) is 4.21. The molecule has 19 heavy (non-hydrogen) atoms. The van der Waals surface area contributed by atoms with Gasteiger partial charge < -0.3 is 5.11 Å². The molecule has 3 rings (SSSR count). The second kappa shape index (κ2) is 4.92. The lowest BCUT2D eigenvalue weighted by molar-refractivity contribution is -0.143. The molecule has 2 N–H and O–H groups in total. The molecule has 0 radical (unpaired) electrons. The number of carboxylic acids is 1. The van der Waals surface area contributed by atoms with Gasteiger partial charge in [-0.05, 0) is 39.2 Å². The monoisotopic (exact) mass is 264 g/mol. The number of piperidine rings is 1. The molecule has 0 amide bonds. The van der Waals surface area contributed by atoms with Crippen LogP contribution in [0.2, 0.25) is 0 Å². The molecule has 1 aromatic heterocycles. The van der Waals surface area contributed by atoms with E-state index in [2.05, 4.69) is 15.2 Å². The van der Waals surface area contributed by atoms with Crippen molar-refractivity contribution in [3.63, 3.8) is 0 Å². The van der Waals surface area contributed by atoms with Crippen molar-refractivity contribution >= 4 is 5.97 Å². The Morgan fingerprint density at radius 2 is 2.21 bits per heavy atom. The van der Waals surface area contributed by atoms with Crippen LogP contribution in [0.5, 0.6) is 0 Å². The van der Waals surface area contributed by atoms with Crippen LogP contribution >= 0.6 is 0 Å². The minimum Gasteiger partial charge on any atom is -0.480 e. The zero-order chi connectivity index (χ0) is 13.4. The number of aromatic amines is 1. The minimum absolute atomic E-state index is 0.263. The van der Waals surface area contributed by atoms with Gasteiger partial charge in [0, 0.05) is 18.4 Å². The maximum Gasteiger partial charge on any atom is 0.320 e. The second-order valence-corrected chi connectivity index (χ2v) is 5.70. The van der Waals surface area contributed by atoms with Gasteiger partial charge in [0.15, 0.2) is 5.82 Å². The first-order valence-electron chi connectivity index (χ1n) is 7.04. The van der Waals surface area contributed by atoms with E-state index in [1.165, 1.54) is 12.8 Å². The summed E-state index contributed by atoms with van der Waals surface area (Å²) < 4.78 is 0. The van der Waals surface area contributed by atoms with Gasteiger partial charge in [0.25, 0.3) is 0 Å². The molecule has 1 aromatic rings. The summed E-state index contributed by atoms with van der Waals surface area (Å²) >= 11 is 0. The normalized spacial score (nSPS) is 26.3. The van der Waals surface area contributed by atoms with Crippen molar-refractivity contribution in [3.05, 3.63) is 11.6 Å². The van der Waals surface area contributed by atoms with Crippen molar-refractivity contribution in [2.45, 2.75) is 50.5 Å². The molecule has 2 atom stereocenters. The summed E-state index contributed by atoms with van der Waals surface area (Å²) in [6.45, 7) is 3.34. The average molecular weight is 264 g/mol. The Morgan fingerprint density at radius 3 is 2.89 bits per heavy atom. The lowest BCUT2D eigenvalue weighted by atomic mass is 9.96. The van der Waals surface area contributed by atoms with E-state index in [0.29, 0.717) is 5.92 Å². The van der Waals surface area contributed by atoms with Crippen molar-refractivity contribution < 1.29 is 9.90 Å². The highest BCUT2D eigenvalue weighted by Gasteiger charge is 2.32. The highest BCUT2D eigenvalue weighted by atomic mass is 16.4. The van der Waals surface area contributed by atoms with E-state index in [-0.39, 0.29) is 5.92 Å². The Bertz CT molecular complexity index is 469. The molecule has 0 aromatic carbocycles. The van der Waals surface area contributed by atoms with Crippen LogP contribution in [0, 0.1) is 0 Å². The number of carboxylic acid groups (broad SMARTS) is 1. The Hall–Kier alpha value is -1.43. The maximum atomic E-state index is 11.1. The molecule has 2 unspecified atom stereocenters. The van der Waals surface area contributed by atoms with E-state index in [1.54, 1.807) is 6.92 Å². The Kier molecular flexibility index (Phi) is 3.26. The number of aliphatic carboxylic acids is 1. The molecule has 1 aliphatic carbocycles. The molecule has 2 heterocycles. The Labute approximate surface area is 112 Å². The summed E-state index contributed by atoms with van der Waals surface area (Å²) in [5.74, 6) is 1.97. The molecule has 1 saturated heterocycles. The van der Waals surface area contributed by atoms with E-state index in [4.69, 9.17) is 5.11 Å². The van der Waals surface area contributed by atoms with Crippen LogP contribution in [0.25, 0.3) is 0 Å². The SMILES string of the molecule is CC(C(=O)O)N1CCCC(c2n[nH]c(C3CC3)n2)C1. The fourth-order valence-electron chi connectivity index (χ4n) is 2.74. The van der Waals surface area contributed by atoms with E-state index in [9.17, 15) is 4.79 Å². The first kappa shape index (κ1) is 12.6. The van der Waals surface area contributed by atoms with Gasteiger partial charge in [-0.2, -0.15) is 5.10 Å². The summed E-state index contributed by atoms with van der Waals surface area (Å²) in [5, 5.41) is 16.5. The topological polar surface area (TPSA) is 82.1 Å². The highest BCUT2D eigenvalue weighted by molar-refractivity contribution is 5.72. The molecular weight excluding hydrogens is 244 g/mol. The van der Waals surface area contributed by atoms with Gasteiger partial charge in [0.05, 0.1) is 0 Å². The van der Waals surface area contributed by atoms with Crippen molar-refractivity contribution in [2.24, 2.45) is 0 Å².